The number of hydrogen-bond acceptors (Lipinski definition) is 6. The number of fused-ring (bicyclic) bond motifs is 1. The van der Waals surface area contributed by atoms with E-state index in [1.807, 2.05) is 30.3 Å². The van der Waals surface area contributed by atoms with E-state index < -0.39 is 0 Å². The van der Waals surface area contributed by atoms with Crippen molar-refractivity contribution in [1.82, 2.24) is 9.66 Å². The van der Waals surface area contributed by atoms with E-state index in [1.165, 1.54) is 18.2 Å². The van der Waals surface area contributed by atoms with E-state index in [9.17, 15) is 9.59 Å². The van der Waals surface area contributed by atoms with Crippen molar-refractivity contribution in [3.8, 4) is 11.5 Å². The van der Waals surface area contributed by atoms with Crippen LogP contribution >= 0.6 is 27.5 Å². The Morgan fingerprint density at radius 1 is 1.15 bits per heavy atom. The summed E-state index contributed by atoms with van der Waals surface area (Å²) >= 11 is 9.98. The number of carbonyl (C=O) groups is 1. The van der Waals surface area contributed by atoms with Crippen LogP contribution < -0.4 is 20.3 Å². The number of nitrogens with zero attached hydrogens (tertiary/aromatic N) is 3. The summed E-state index contributed by atoms with van der Waals surface area (Å²) in [5, 5.41) is 8.07. The standard InChI is InChI=1S/C30H28BrClN4O4/c1-39-26-15-19(14-24(32)28(26)40-18-27(37)34-22-10-6-3-7-11-22)17-33-36-29(20-8-4-2-5-9-20)35-25-13-12-21(31)16-23(25)30(36)38/h3,6-7,10-17,20H,2,4-5,8-9,18H2,1H3,(H,34,37). The molecule has 1 saturated carbocycles. The molecule has 1 amide bonds. The van der Waals surface area contributed by atoms with Crippen molar-refractivity contribution in [1.29, 1.82) is 0 Å². The summed E-state index contributed by atoms with van der Waals surface area (Å²) in [4.78, 5) is 30.8. The summed E-state index contributed by atoms with van der Waals surface area (Å²) in [5.41, 5.74) is 1.69. The average molecular weight is 624 g/mol. The highest BCUT2D eigenvalue weighted by Crippen LogP contribution is 2.36. The first-order valence-electron chi connectivity index (χ1n) is 13.0. The molecule has 0 bridgehead atoms. The first kappa shape index (κ1) is 27.9. The molecule has 1 aromatic heterocycles. The number of para-hydroxylation sites is 1. The lowest BCUT2D eigenvalue weighted by atomic mass is 9.88. The van der Waals surface area contributed by atoms with Crippen molar-refractivity contribution < 1.29 is 14.3 Å². The smallest absolute Gasteiger partial charge is 0.282 e. The van der Waals surface area contributed by atoms with Gasteiger partial charge in [0.05, 0.1) is 29.2 Å². The molecule has 1 aliphatic carbocycles. The zero-order valence-electron chi connectivity index (χ0n) is 21.9. The molecule has 0 aliphatic heterocycles. The third-order valence-corrected chi connectivity index (χ3v) is 7.56. The fraction of sp³-hybridized carbons (Fsp3) is 0.267. The number of aromatic nitrogens is 2. The van der Waals surface area contributed by atoms with Gasteiger partial charge in [-0.2, -0.15) is 9.78 Å². The summed E-state index contributed by atoms with van der Waals surface area (Å²) in [6.07, 6.45) is 6.87. The van der Waals surface area contributed by atoms with Crippen LogP contribution in [0.4, 0.5) is 5.69 Å². The molecule has 4 aromatic rings. The summed E-state index contributed by atoms with van der Waals surface area (Å²) in [5.74, 6) is 1.06. The predicted octanol–water partition coefficient (Wildman–Crippen LogP) is 6.77. The van der Waals surface area contributed by atoms with Gasteiger partial charge in [-0.3, -0.25) is 9.59 Å². The highest BCUT2D eigenvalue weighted by molar-refractivity contribution is 9.10. The fourth-order valence-corrected chi connectivity index (χ4v) is 5.47. The van der Waals surface area contributed by atoms with Gasteiger partial charge in [0.1, 0.15) is 5.82 Å². The minimum atomic E-state index is -0.333. The van der Waals surface area contributed by atoms with Crippen molar-refractivity contribution in [2.24, 2.45) is 5.10 Å². The first-order chi connectivity index (χ1) is 19.4. The van der Waals surface area contributed by atoms with Crippen LogP contribution in [0.5, 0.6) is 11.5 Å². The number of carbonyl (C=O) groups excluding carboxylic acids is 1. The summed E-state index contributed by atoms with van der Waals surface area (Å²) in [6, 6.07) is 17.9. The molecule has 0 radical (unpaired) electrons. The zero-order chi connectivity index (χ0) is 28.1. The second kappa shape index (κ2) is 12.7. The molecule has 0 atom stereocenters. The number of anilines is 1. The predicted molar refractivity (Wildman–Crippen MR) is 161 cm³/mol. The van der Waals surface area contributed by atoms with Crippen LogP contribution in [0.1, 0.15) is 49.4 Å². The third kappa shape index (κ3) is 6.37. The highest BCUT2D eigenvalue weighted by atomic mass is 79.9. The van der Waals surface area contributed by atoms with E-state index in [1.54, 1.807) is 36.5 Å². The lowest BCUT2D eigenvalue weighted by Crippen LogP contribution is -2.25. The Hall–Kier alpha value is -3.69. The van der Waals surface area contributed by atoms with E-state index in [2.05, 4.69) is 26.3 Å². The monoisotopic (exact) mass is 622 g/mol. The number of halogens is 2. The Morgan fingerprint density at radius 2 is 1.93 bits per heavy atom. The van der Waals surface area contributed by atoms with Gasteiger partial charge in [0, 0.05) is 16.1 Å². The van der Waals surface area contributed by atoms with Gasteiger partial charge in [0.2, 0.25) is 0 Å². The van der Waals surface area contributed by atoms with E-state index in [4.69, 9.17) is 26.1 Å². The Kier molecular flexibility index (Phi) is 8.81. The van der Waals surface area contributed by atoms with E-state index in [0.717, 1.165) is 30.2 Å². The number of amides is 1. The number of benzene rings is 3. The normalized spacial score (nSPS) is 14.0. The maximum absolute atomic E-state index is 13.6. The van der Waals surface area contributed by atoms with Crippen molar-refractivity contribution in [2.45, 2.75) is 38.0 Å². The van der Waals surface area contributed by atoms with Crippen LogP contribution in [0, 0.1) is 0 Å². The Morgan fingerprint density at radius 3 is 2.67 bits per heavy atom. The maximum Gasteiger partial charge on any atom is 0.282 e. The summed E-state index contributed by atoms with van der Waals surface area (Å²) in [6.45, 7) is -0.253. The molecule has 5 rings (SSSR count). The van der Waals surface area contributed by atoms with Gasteiger partial charge in [-0.25, -0.2) is 4.98 Å². The summed E-state index contributed by atoms with van der Waals surface area (Å²) in [7, 11) is 1.49. The number of methoxy groups -OCH3 is 1. The van der Waals surface area contributed by atoms with Crippen molar-refractivity contribution >= 4 is 56.2 Å². The molecule has 206 valence electrons. The second-order valence-electron chi connectivity index (χ2n) is 9.56. The van der Waals surface area contributed by atoms with E-state index in [-0.39, 0.29) is 34.8 Å². The van der Waals surface area contributed by atoms with Gasteiger partial charge < -0.3 is 14.8 Å². The first-order valence-corrected chi connectivity index (χ1v) is 14.2. The lowest BCUT2D eigenvalue weighted by molar-refractivity contribution is -0.118. The molecule has 8 nitrogen and oxygen atoms in total. The Bertz CT molecular complexity index is 1620. The third-order valence-electron chi connectivity index (χ3n) is 6.78. The average Bonchev–Trinajstić information content (AvgIpc) is 2.97. The lowest BCUT2D eigenvalue weighted by Gasteiger charge is -2.22. The molecular weight excluding hydrogens is 596 g/mol. The van der Waals surface area contributed by atoms with Gasteiger partial charge in [0.15, 0.2) is 18.1 Å². The van der Waals surface area contributed by atoms with Crippen LogP contribution in [0.2, 0.25) is 5.02 Å². The quantitative estimate of drug-likeness (QED) is 0.219. The molecule has 1 N–H and O–H groups in total. The maximum atomic E-state index is 13.6. The van der Waals surface area contributed by atoms with Gasteiger partial charge >= 0.3 is 0 Å². The van der Waals surface area contributed by atoms with E-state index >= 15 is 0 Å². The van der Waals surface area contributed by atoms with Crippen LogP contribution in [0.15, 0.2) is 75.0 Å². The second-order valence-corrected chi connectivity index (χ2v) is 10.9. The number of nitrogens with one attached hydrogen (secondary N) is 1. The molecule has 3 aromatic carbocycles. The molecule has 1 heterocycles. The zero-order valence-corrected chi connectivity index (χ0v) is 24.2. The molecule has 10 heteroatoms. The fourth-order valence-electron chi connectivity index (χ4n) is 4.84. The molecule has 0 unspecified atom stereocenters. The van der Waals surface area contributed by atoms with Crippen LogP contribution in [-0.2, 0) is 4.79 Å². The SMILES string of the molecule is COc1cc(C=Nn2c(C3CCCCC3)nc3ccc(Br)cc3c2=O)cc(Cl)c1OCC(=O)Nc1ccccc1. The minimum absolute atomic E-state index is 0.155. The van der Waals surface area contributed by atoms with Crippen molar-refractivity contribution in [3.05, 3.63) is 91.9 Å². The highest BCUT2D eigenvalue weighted by Gasteiger charge is 2.23. The minimum Gasteiger partial charge on any atom is -0.493 e. The topological polar surface area (TPSA) is 94.8 Å². The van der Waals surface area contributed by atoms with Crippen LogP contribution in [0.3, 0.4) is 0 Å². The molecular formula is C30H28BrClN4O4. The van der Waals surface area contributed by atoms with Crippen LogP contribution in [-0.4, -0.2) is 35.5 Å². The van der Waals surface area contributed by atoms with Crippen molar-refractivity contribution in [3.63, 3.8) is 0 Å². The molecule has 1 aliphatic rings. The molecule has 40 heavy (non-hydrogen) atoms. The van der Waals surface area contributed by atoms with Gasteiger partial charge in [-0.15, -0.1) is 0 Å². The summed E-state index contributed by atoms with van der Waals surface area (Å²) < 4.78 is 13.4. The molecule has 0 spiro atoms. The Labute approximate surface area is 245 Å². The molecule has 1 fully saturated rings. The number of rotatable bonds is 8. The van der Waals surface area contributed by atoms with Gasteiger partial charge in [-0.1, -0.05) is 65.0 Å². The Balaban J connectivity index is 1.43. The molecule has 0 saturated heterocycles. The van der Waals surface area contributed by atoms with Gasteiger partial charge in [0.25, 0.3) is 11.5 Å². The largest absolute Gasteiger partial charge is 0.493 e. The van der Waals surface area contributed by atoms with E-state index in [0.29, 0.717) is 33.7 Å². The van der Waals surface area contributed by atoms with Crippen molar-refractivity contribution in [2.75, 3.05) is 19.0 Å². The van der Waals surface area contributed by atoms with Crippen LogP contribution in [0.25, 0.3) is 10.9 Å². The number of ether oxygens (including phenoxy) is 2. The van der Waals surface area contributed by atoms with Gasteiger partial charge in [-0.05, 0) is 60.9 Å². The number of hydrogen-bond donors (Lipinski definition) is 1.